The third-order valence-corrected chi connectivity index (χ3v) is 25.0. The van der Waals surface area contributed by atoms with Gasteiger partial charge in [-0.2, -0.15) is 0 Å². The van der Waals surface area contributed by atoms with Gasteiger partial charge in [0.15, 0.2) is 6.10 Å². The van der Waals surface area contributed by atoms with E-state index in [2.05, 4.69) is 13.8 Å². The minimum absolute atomic E-state index is 0.0628. The van der Waals surface area contributed by atoms with Crippen LogP contribution in [0.25, 0.3) is 0 Å². The van der Waals surface area contributed by atoms with Crippen molar-refractivity contribution < 1.29 is 87.7 Å². The highest BCUT2D eigenvalue weighted by Crippen LogP contribution is 2.61. The second-order valence-corrected chi connectivity index (χ2v) is 35.6. The van der Waals surface area contributed by atoms with E-state index in [0.717, 1.165) is 51.4 Å². The second-order valence-electron chi connectivity index (χ2n) is 30.7. The molecule has 1 fully saturated rings. The summed E-state index contributed by atoms with van der Waals surface area (Å²) in [4.78, 5) is 28.2. The molecule has 1 saturated carbocycles. The number of benzene rings is 8. The number of phosphoric acid groups is 3. The van der Waals surface area contributed by atoms with Crippen LogP contribution in [-0.4, -0.2) is 67.9 Å². The van der Waals surface area contributed by atoms with Crippen LogP contribution in [-0.2, 0) is 141 Å². The zero-order valence-corrected chi connectivity index (χ0v) is 72.8. The molecule has 8 aromatic carbocycles. The molecule has 119 heavy (non-hydrogen) atoms. The van der Waals surface area contributed by atoms with E-state index >= 15 is 13.7 Å². The molecule has 0 N–H and O–H groups in total. The molecule has 8 atom stereocenters. The maximum Gasteiger partial charge on any atom is 0.475 e. The largest absolute Gasteiger partial charge is 0.475 e. The fourth-order valence-electron chi connectivity index (χ4n) is 14.1. The number of unbranched alkanes of at least 4 members (excludes halogenated alkanes) is 24. The predicted molar refractivity (Wildman–Crippen MR) is 466 cm³/mol. The monoisotopic (exact) mass is 1690 g/mol. The first-order chi connectivity index (χ1) is 58.4. The van der Waals surface area contributed by atoms with Gasteiger partial charge < -0.3 is 23.7 Å². The molecule has 0 radical (unpaired) electrons. The van der Waals surface area contributed by atoms with E-state index in [1.54, 1.807) is 72.8 Å². The van der Waals surface area contributed by atoms with Gasteiger partial charge in [-0.1, -0.05) is 411 Å². The molecule has 0 aromatic heterocycles. The van der Waals surface area contributed by atoms with Crippen LogP contribution in [0.2, 0.25) is 0 Å². The Bertz CT molecular complexity index is 4010. The van der Waals surface area contributed by atoms with E-state index in [0.29, 0.717) is 57.3 Å². The van der Waals surface area contributed by atoms with Gasteiger partial charge in [0, 0.05) is 12.8 Å². The molecular weight excluding hydrogens is 1560 g/mol. The van der Waals surface area contributed by atoms with Crippen molar-refractivity contribution in [3.05, 3.63) is 287 Å². The summed E-state index contributed by atoms with van der Waals surface area (Å²) in [6, 6.07) is 73.0. The van der Waals surface area contributed by atoms with E-state index < -0.39 is 91.3 Å². The second kappa shape index (κ2) is 56.6. The number of carbonyl (C=O) groups is 2. The summed E-state index contributed by atoms with van der Waals surface area (Å²) in [7, 11) is -15.4. The maximum absolute atomic E-state index is 17.0. The van der Waals surface area contributed by atoms with Crippen molar-refractivity contribution in [2.75, 3.05) is 13.2 Å². The molecule has 22 heteroatoms. The quantitative estimate of drug-likeness (QED) is 0.0197. The molecule has 9 rings (SSSR count). The Morgan fingerprint density at radius 1 is 0.252 bits per heavy atom. The molecule has 0 heterocycles. The van der Waals surface area contributed by atoms with Gasteiger partial charge in [-0.15, -0.1) is 0 Å². The Hall–Kier alpha value is -7.09. The predicted octanol–water partition coefficient (Wildman–Crippen LogP) is 25.8. The van der Waals surface area contributed by atoms with Crippen LogP contribution in [0.1, 0.15) is 238 Å². The van der Waals surface area contributed by atoms with Crippen LogP contribution < -0.4 is 0 Å². The van der Waals surface area contributed by atoms with Gasteiger partial charge in [0.2, 0.25) is 0 Å². The van der Waals surface area contributed by atoms with Gasteiger partial charge >= 0.3 is 35.4 Å². The standard InChI is InChI=1S/C97H129O19P3/c1-3-5-7-9-11-13-15-17-19-21-23-25-51-69-90(98)103-79-89(113-91(99)70-52-26-24-22-20-18-16-14-12-10-8-6-4-2)80-112-119(102,111-78-88-67-49-34-50-68-88)114-95-92(104-71-81-53-35-27-36-54-81)93(105-72-82-55-37-28-38-56-82)96(115-117(100,107-74-84-59-41-30-42-60-84)108-75-85-61-43-31-44-62-85)97(94(95)106-73-83-57-39-29-40-58-83)116-118(101,109-76-86-63-45-32-46-64-86)110-77-87-65-47-33-48-66-87/h27-50,53-68,89,92-97H,3-26,51-52,69-80H2,1-2H3/t89-,92-,93-,94+,95+,96+,97+,119?/m1/s1. The van der Waals surface area contributed by atoms with E-state index in [9.17, 15) is 9.59 Å². The summed E-state index contributed by atoms with van der Waals surface area (Å²) in [5.41, 5.74) is 4.96. The molecule has 1 unspecified atom stereocenters. The number of ether oxygens (including phenoxy) is 5. The molecule has 19 nitrogen and oxygen atoms in total. The normalized spacial score (nSPS) is 17.0. The maximum atomic E-state index is 17.0. The van der Waals surface area contributed by atoms with Crippen molar-refractivity contribution in [2.45, 2.75) is 289 Å². The topological polar surface area (TPSA) is 215 Å². The van der Waals surface area contributed by atoms with Crippen LogP contribution in [0.15, 0.2) is 243 Å². The van der Waals surface area contributed by atoms with Gasteiger partial charge in [-0.3, -0.25) is 50.3 Å². The third-order valence-electron chi connectivity index (χ3n) is 20.8. The van der Waals surface area contributed by atoms with Gasteiger partial charge in [-0.25, -0.2) is 13.7 Å². The van der Waals surface area contributed by atoms with Crippen LogP contribution in [0.3, 0.4) is 0 Å². The van der Waals surface area contributed by atoms with Crippen LogP contribution >= 0.6 is 23.5 Å². The first-order valence-corrected chi connectivity index (χ1v) is 48.0. The molecule has 0 amide bonds. The minimum Gasteiger partial charge on any atom is -0.462 e. The number of phosphoric ester groups is 3. The van der Waals surface area contributed by atoms with Gasteiger partial charge in [0.1, 0.15) is 43.2 Å². The Balaban J connectivity index is 1.12. The van der Waals surface area contributed by atoms with Gasteiger partial charge in [0.05, 0.1) is 59.5 Å². The van der Waals surface area contributed by atoms with E-state index in [4.69, 9.17) is 64.4 Å². The highest BCUT2D eigenvalue weighted by atomic mass is 31.2. The van der Waals surface area contributed by atoms with Crippen molar-refractivity contribution in [3.8, 4) is 0 Å². The summed E-state index contributed by atoms with van der Waals surface area (Å²) in [5.74, 6) is -1.06. The molecule has 1 aliphatic rings. The summed E-state index contributed by atoms with van der Waals surface area (Å²) in [6.45, 7) is 1.14. The number of esters is 2. The van der Waals surface area contributed by atoms with Crippen LogP contribution in [0.4, 0.5) is 0 Å². The van der Waals surface area contributed by atoms with Crippen LogP contribution in [0.5, 0.6) is 0 Å². The number of hydrogen-bond donors (Lipinski definition) is 0. The fraction of sp³-hybridized carbons (Fsp3) is 0.485. The van der Waals surface area contributed by atoms with Crippen molar-refractivity contribution in [1.29, 1.82) is 0 Å². The lowest BCUT2D eigenvalue weighted by molar-refractivity contribution is -0.255. The molecule has 1 aliphatic carbocycles. The lowest BCUT2D eigenvalue weighted by atomic mass is 9.84. The molecule has 0 aliphatic heterocycles. The summed E-state index contributed by atoms with van der Waals surface area (Å²) in [6.07, 6.45) is 17.7. The zero-order chi connectivity index (χ0) is 83.4. The molecule has 0 saturated heterocycles. The Morgan fingerprint density at radius 2 is 0.462 bits per heavy atom. The number of hydrogen-bond acceptors (Lipinski definition) is 19. The van der Waals surface area contributed by atoms with E-state index in [1.165, 1.54) is 103 Å². The average molecular weight is 1690 g/mol. The van der Waals surface area contributed by atoms with Gasteiger partial charge in [0.25, 0.3) is 0 Å². The van der Waals surface area contributed by atoms with E-state index in [1.807, 2.05) is 170 Å². The van der Waals surface area contributed by atoms with Crippen molar-refractivity contribution >= 4 is 35.4 Å². The molecule has 0 spiro atoms. The highest BCUT2D eigenvalue weighted by Gasteiger charge is 2.61. The van der Waals surface area contributed by atoms with Crippen molar-refractivity contribution in [2.24, 2.45) is 0 Å². The lowest BCUT2D eigenvalue weighted by Gasteiger charge is -2.50. The zero-order valence-electron chi connectivity index (χ0n) is 70.1. The lowest BCUT2D eigenvalue weighted by Crippen LogP contribution is -2.67. The Labute approximate surface area is 708 Å². The average Bonchev–Trinajstić information content (AvgIpc) is 0.744. The summed E-state index contributed by atoms with van der Waals surface area (Å²) in [5, 5.41) is 0. The SMILES string of the molecule is CCCCCCCCCCCCCCCC(=O)OC[C@H](COP(=O)(OCc1ccccc1)O[C@H]1[C@H](OCc2ccccc2)[C@@H](OCc2ccccc2)[C@H](OP(=O)(OCc2ccccc2)OCc2ccccc2)[C@@H](OP(=O)(OCc2ccccc2)OCc2ccccc2)[C@H]1OCc1ccccc1)OC(=O)CCCCCCCCCCCCCCC. The van der Waals surface area contributed by atoms with E-state index in [-0.39, 0.29) is 65.7 Å². The minimum atomic E-state index is -5.28. The molecule has 646 valence electrons. The summed E-state index contributed by atoms with van der Waals surface area (Å²) >= 11 is 0. The molecule has 0 bridgehead atoms. The van der Waals surface area contributed by atoms with Crippen LogP contribution in [0, 0.1) is 0 Å². The van der Waals surface area contributed by atoms with Gasteiger partial charge in [-0.05, 0) is 57.3 Å². The highest BCUT2D eigenvalue weighted by molar-refractivity contribution is 7.49. The summed E-state index contributed by atoms with van der Waals surface area (Å²) < 4.78 is 145. The molecular formula is C97H129O19P3. The number of carbonyl (C=O) groups excluding carboxylic acids is 2. The Morgan fingerprint density at radius 3 is 0.723 bits per heavy atom. The fourth-order valence-corrected chi connectivity index (χ4v) is 18.2. The van der Waals surface area contributed by atoms with Crippen molar-refractivity contribution in [1.82, 2.24) is 0 Å². The Kier molecular flexibility index (Phi) is 45.5. The first kappa shape index (κ1) is 95.7. The molecule has 8 aromatic rings. The third kappa shape index (κ3) is 38.1. The smallest absolute Gasteiger partial charge is 0.462 e. The first-order valence-electron chi connectivity index (χ1n) is 43.6. The van der Waals surface area contributed by atoms with Crippen molar-refractivity contribution in [3.63, 3.8) is 0 Å². The number of rotatable bonds is 64.